The first kappa shape index (κ1) is 18.3. The number of benzene rings is 3. The Balaban J connectivity index is 1.43. The van der Waals surface area contributed by atoms with Crippen molar-refractivity contribution in [3.8, 4) is 11.4 Å². The molecule has 0 fully saturated rings. The third-order valence-corrected chi connectivity index (χ3v) is 5.61. The summed E-state index contributed by atoms with van der Waals surface area (Å²) in [5.41, 5.74) is 2.98. The minimum absolute atomic E-state index is 0.0688. The van der Waals surface area contributed by atoms with Crippen LogP contribution in [-0.4, -0.2) is 26.4 Å². The average Bonchev–Trinajstić information content (AvgIpc) is 3.07. The average molecular weight is 388 g/mol. The predicted octanol–water partition coefficient (Wildman–Crippen LogP) is 4.67. The summed E-state index contributed by atoms with van der Waals surface area (Å²) in [6.45, 7) is 2.05. The van der Waals surface area contributed by atoms with Gasteiger partial charge in [0.05, 0.1) is 5.75 Å². The number of aryl methyl sites for hydroxylation is 1. The number of carbonyl (C=O) groups excluding carboxylic acids is 1. The fraction of sp³-hybridized carbons (Fsp3) is 0.136. The van der Waals surface area contributed by atoms with Gasteiger partial charge in [-0.3, -0.25) is 4.79 Å². The highest BCUT2D eigenvalue weighted by molar-refractivity contribution is 7.99. The van der Waals surface area contributed by atoms with Gasteiger partial charge in [0, 0.05) is 18.3 Å². The molecule has 1 amide bonds. The highest BCUT2D eigenvalue weighted by Crippen LogP contribution is 2.25. The highest BCUT2D eigenvalue weighted by Gasteiger charge is 2.14. The van der Waals surface area contributed by atoms with Crippen LogP contribution in [0.4, 0.5) is 5.69 Å². The number of nitrogens with zero attached hydrogens (tertiary/aromatic N) is 3. The minimum atomic E-state index is -0.0688. The van der Waals surface area contributed by atoms with Crippen LogP contribution in [0.5, 0.6) is 0 Å². The molecule has 28 heavy (non-hydrogen) atoms. The summed E-state index contributed by atoms with van der Waals surface area (Å²) in [6, 6.07) is 22.1. The third kappa shape index (κ3) is 3.77. The summed E-state index contributed by atoms with van der Waals surface area (Å²) in [7, 11) is 1.92. The molecule has 6 heteroatoms. The second-order valence-electron chi connectivity index (χ2n) is 6.58. The van der Waals surface area contributed by atoms with E-state index in [1.807, 2.05) is 79.2 Å². The van der Waals surface area contributed by atoms with Crippen LogP contribution in [0.2, 0.25) is 0 Å². The molecular formula is C22H20N4OS. The van der Waals surface area contributed by atoms with Crippen molar-refractivity contribution in [3.05, 3.63) is 72.3 Å². The Morgan fingerprint density at radius 1 is 1.00 bits per heavy atom. The van der Waals surface area contributed by atoms with Crippen molar-refractivity contribution < 1.29 is 4.79 Å². The molecule has 0 saturated heterocycles. The van der Waals surface area contributed by atoms with E-state index in [4.69, 9.17) is 0 Å². The molecule has 140 valence electrons. The number of amides is 1. The van der Waals surface area contributed by atoms with Gasteiger partial charge >= 0.3 is 0 Å². The van der Waals surface area contributed by atoms with Gasteiger partial charge in [-0.25, -0.2) is 0 Å². The number of anilines is 1. The van der Waals surface area contributed by atoms with Crippen molar-refractivity contribution in [1.82, 2.24) is 14.8 Å². The maximum absolute atomic E-state index is 12.4. The zero-order valence-electron chi connectivity index (χ0n) is 15.7. The topological polar surface area (TPSA) is 59.8 Å². The fourth-order valence-electron chi connectivity index (χ4n) is 3.09. The summed E-state index contributed by atoms with van der Waals surface area (Å²) in [5, 5.41) is 14.5. The molecule has 4 rings (SSSR count). The van der Waals surface area contributed by atoms with Crippen LogP contribution in [-0.2, 0) is 11.8 Å². The Hall–Kier alpha value is -3.12. The number of thioether (sulfide) groups is 1. The SMILES string of the molecule is Cc1ccccc1-c1nnc(SCC(=O)Nc2ccc3ccccc3c2)n1C. The number of nitrogens with one attached hydrogen (secondary N) is 1. The largest absolute Gasteiger partial charge is 0.325 e. The number of hydrogen-bond donors (Lipinski definition) is 1. The predicted molar refractivity (Wildman–Crippen MR) is 114 cm³/mol. The lowest BCUT2D eigenvalue weighted by atomic mass is 10.1. The van der Waals surface area contributed by atoms with Crippen molar-refractivity contribution in [1.29, 1.82) is 0 Å². The molecule has 1 aromatic heterocycles. The lowest BCUT2D eigenvalue weighted by Crippen LogP contribution is -2.14. The van der Waals surface area contributed by atoms with E-state index in [1.165, 1.54) is 11.8 Å². The Labute approximate surface area is 167 Å². The number of aromatic nitrogens is 3. The van der Waals surface area contributed by atoms with Crippen molar-refractivity contribution in [2.24, 2.45) is 7.05 Å². The van der Waals surface area contributed by atoms with Gasteiger partial charge < -0.3 is 9.88 Å². The van der Waals surface area contributed by atoms with E-state index in [0.29, 0.717) is 5.16 Å². The van der Waals surface area contributed by atoms with Gasteiger partial charge in [0.1, 0.15) is 0 Å². The molecule has 1 heterocycles. The lowest BCUT2D eigenvalue weighted by molar-refractivity contribution is -0.113. The van der Waals surface area contributed by atoms with Crippen LogP contribution in [0, 0.1) is 6.92 Å². The molecule has 1 N–H and O–H groups in total. The summed E-state index contributed by atoms with van der Waals surface area (Å²) >= 11 is 1.38. The normalized spacial score (nSPS) is 10.9. The first-order valence-electron chi connectivity index (χ1n) is 8.98. The number of fused-ring (bicyclic) bond motifs is 1. The standard InChI is InChI=1S/C22H20N4OS/c1-15-7-3-6-10-19(15)21-24-25-22(26(21)2)28-14-20(27)23-18-12-11-16-8-4-5-9-17(16)13-18/h3-13H,14H2,1-2H3,(H,23,27). The number of carbonyl (C=O) groups is 1. The van der Waals surface area contributed by atoms with Crippen molar-refractivity contribution in [2.75, 3.05) is 11.1 Å². The Morgan fingerprint density at radius 3 is 2.57 bits per heavy atom. The van der Waals surface area contributed by atoms with E-state index in [2.05, 4.69) is 21.6 Å². The molecule has 3 aromatic carbocycles. The maximum atomic E-state index is 12.4. The molecular weight excluding hydrogens is 368 g/mol. The Kier molecular flexibility index (Phi) is 5.12. The van der Waals surface area contributed by atoms with E-state index in [0.717, 1.165) is 33.4 Å². The highest BCUT2D eigenvalue weighted by atomic mass is 32.2. The van der Waals surface area contributed by atoms with Crippen molar-refractivity contribution in [2.45, 2.75) is 12.1 Å². The Bertz CT molecular complexity index is 1150. The number of rotatable bonds is 5. The summed E-state index contributed by atoms with van der Waals surface area (Å²) in [4.78, 5) is 12.4. The van der Waals surface area contributed by atoms with E-state index in [-0.39, 0.29) is 11.7 Å². The zero-order valence-corrected chi connectivity index (χ0v) is 16.5. The monoisotopic (exact) mass is 388 g/mol. The van der Waals surface area contributed by atoms with Gasteiger partial charge in [-0.05, 0) is 35.4 Å². The molecule has 0 aliphatic heterocycles. The van der Waals surface area contributed by atoms with Crippen LogP contribution in [0.15, 0.2) is 71.9 Å². The van der Waals surface area contributed by atoms with E-state index in [1.54, 1.807) is 0 Å². The van der Waals surface area contributed by atoms with Gasteiger partial charge in [0.25, 0.3) is 0 Å². The van der Waals surface area contributed by atoms with Gasteiger partial charge in [0.15, 0.2) is 11.0 Å². The van der Waals surface area contributed by atoms with Gasteiger partial charge in [-0.2, -0.15) is 0 Å². The first-order valence-corrected chi connectivity index (χ1v) is 9.97. The first-order chi connectivity index (χ1) is 13.6. The van der Waals surface area contributed by atoms with E-state index in [9.17, 15) is 4.79 Å². The maximum Gasteiger partial charge on any atom is 0.234 e. The Morgan fingerprint density at radius 2 is 1.75 bits per heavy atom. The molecule has 0 atom stereocenters. The third-order valence-electron chi connectivity index (χ3n) is 4.59. The molecule has 0 unspecified atom stereocenters. The molecule has 0 spiro atoms. The van der Waals surface area contributed by atoms with Crippen LogP contribution >= 0.6 is 11.8 Å². The molecule has 5 nitrogen and oxygen atoms in total. The van der Waals surface area contributed by atoms with Crippen molar-refractivity contribution in [3.63, 3.8) is 0 Å². The summed E-state index contributed by atoms with van der Waals surface area (Å²) in [6.07, 6.45) is 0. The van der Waals surface area contributed by atoms with Crippen LogP contribution in [0.3, 0.4) is 0 Å². The molecule has 0 bridgehead atoms. The minimum Gasteiger partial charge on any atom is -0.325 e. The van der Waals surface area contributed by atoms with Crippen LogP contribution in [0.25, 0.3) is 22.2 Å². The van der Waals surface area contributed by atoms with Crippen LogP contribution in [0.1, 0.15) is 5.56 Å². The molecule has 0 aliphatic rings. The second kappa shape index (κ2) is 7.86. The second-order valence-corrected chi connectivity index (χ2v) is 7.52. The molecule has 0 aliphatic carbocycles. The smallest absolute Gasteiger partial charge is 0.234 e. The number of hydrogen-bond acceptors (Lipinski definition) is 4. The zero-order chi connectivity index (χ0) is 19.5. The van der Waals surface area contributed by atoms with Gasteiger partial charge in [0.2, 0.25) is 5.91 Å². The van der Waals surface area contributed by atoms with Gasteiger partial charge in [-0.1, -0.05) is 66.4 Å². The summed E-state index contributed by atoms with van der Waals surface area (Å²) in [5.74, 6) is 1.00. The molecule has 0 saturated carbocycles. The fourth-order valence-corrected chi connectivity index (χ4v) is 3.80. The molecule has 0 radical (unpaired) electrons. The van der Waals surface area contributed by atoms with Gasteiger partial charge in [-0.15, -0.1) is 10.2 Å². The van der Waals surface area contributed by atoms with E-state index >= 15 is 0 Å². The van der Waals surface area contributed by atoms with Crippen LogP contribution < -0.4 is 5.32 Å². The quantitative estimate of drug-likeness (QED) is 0.505. The van der Waals surface area contributed by atoms with Crippen molar-refractivity contribution >= 4 is 34.1 Å². The molecule has 4 aromatic rings. The van der Waals surface area contributed by atoms with E-state index < -0.39 is 0 Å². The summed E-state index contributed by atoms with van der Waals surface area (Å²) < 4.78 is 1.93. The lowest BCUT2D eigenvalue weighted by Gasteiger charge is -2.07.